The summed E-state index contributed by atoms with van der Waals surface area (Å²) < 4.78 is 26.4. The van der Waals surface area contributed by atoms with Crippen LogP contribution in [-0.4, -0.2) is 12.5 Å². The van der Waals surface area contributed by atoms with Gasteiger partial charge in [0.15, 0.2) is 11.6 Å². The molecule has 2 nitrogen and oxygen atoms in total. The van der Waals surface area contributed by atoms with E-state index in [0.717, 1.165) is 29.0 Å². The first-order chi connectivity index (χ1) is 9.97. The Labute approximate surface area is 127 Å². The molecule has 2 rings (SSSR count). The Balaban J connectivity index is 2.35. The molecule has 0 unspecified atom stereocenters. The van der Waals surface area contributed by atoms with Crippen LogP contribution in [0.5, 0.6) is 0 Å². The van der Waals surface area contributed by atoms with Gasteiger partial charge in [-0.25, -0.2) is 8.78 Å². The van der Waals surface area contributed by atoms with Gasteiger partial charge >= 0.3 is 0 Å². The van der Waals surface area contributed by atoms with Crippen LogP contribution in [0.2, 0.25) is 0 Å². The lowest BCUT2D eigenvalue weighted by Gasteiger charge is -2.20. The Bertz CT molecular complexity index is 666. The number of benzene rings is 1. The molecule has 0 aliphatic rings. The maximum atomic E-state index is 13.4. The minimum absolute atomic E-state index is 0.184. The van der Waals surface area contributed by atoms with Crippen LogP contribution in [0.25, 0.3) is 0 Å². The molecule has 0 spiro atoms. The molecule has 2 aromatic rings. The van der Waals surface area contributed by atoms with E-state index in [1.165, 1.54) is 22.3 Å². The predicted molar refractivity (Wildman–Crippen MR) is 82.1 cm³/mol. The topological polar surface area (TPSA) is 20.3 Å². The van der Waals surface area contributed by atoms with Gasteiger partial charge in [-0.2, -0.15) is 0 Å². The zero-order chi connectivity index (χ0) is 15.6. The minimum Gasteiger partial charge on any atom is -0.308 e. The first-order valence-electron chi connectivity index (χ1n) is 6.84. The normalized spacial score (nSPS) is 10.7. The van der Waals surface area contributed by atoms with Crippen LogP contribution < -0.4 is 4.90 Å². The summed E-state index contributed by atoms with van der Waals surface area (Å²) in [5, 5.41) is 0. The second kappa shape index (κ2) is 6.35. The Kier molecular flexibility index (Phi) is 4.73. The van der Waals surface area contributed by atoms with Crippen molar-refractivity contribution in [1.29, 1.82) is 0 Å². The molecule has 21 heavy (non-hydrogen) atoms. The van der Waals surface area contributed by atoms with E-state index in [1.54, 1.807) is 6.92 Å². The summed E-state index contributed by atoms with van der Waals surface area (Å²) in [5.41, 5.74) is 1.51. The summed E-state index contributed by atoms with van der Waals surface area (Å²) in [6.45, 7) is 6.22. The van der Waals surface area contributed by atoms with Crippen LogP contribution in [-0.2, 0) is 6.42 Å². The van der Waals surface area contributed by atoms with E-state index in [9.17, 15) is 13.6 Å². The number of halogens is 2. The molecule has 5 heteroatoms. The average molecular weight is 309 g/mol. The van der Waals surface area contributed by atoms with E-state index in [0.29, 0.717) is 17.1 Å². The monoisotopic (exact) mass is 309 g/mol. The third-order valence-electron chi connectivity index (χ3n) is 3.39. The van der Waals surface area contributed by atoms with E-state index >= 15 is 0 Å². The van der Waals surface area contributed by atoms with E-state index in [2.05, 4.69) is 0 Å². The zero-order valence-electron chi connectivity index (χ0n) is 12.2. The fraction of sp³-hybridized carbons (Fsp3) is 0.312. The van der Waals surface area contributed by atoms with Crippen molar-refractivity contribution >= 4 is 22.9 Å². The highest BCUT2D eigenvalue weighted by molar-refractivity contribution is 7.14. The summed E-state index contributed by atoms with van der Waals surface area (Å²) in [7, 11) is 0. The molecule has 0 atom stereocenters. The van der Waals surface area contributed by atoms with Crippen molar-refractivity contribution in [3.63, 3.8) is 0 Å². The van der Waals surface area contributed by atoms with Gasteiger partial charge in [-0.3, -0.25) is 4.79 Å². The number of carbonyl (C=O) groups is 1. The number of rotatable bonds is 4. The second-order valence-corrected chi connectivity index (χ2v) is 5.95. The van der Waals surface area contributed by atoms with Gasteiger partial charge < -0.3 is 4.90 Å². The third kappa shape index (κ3) is 3.13. The number of hydrogen-bond acceptors (Lipinski definition) is 2. The van der Waals surface area contributed by atoms with Crippen molar-refractivity contribution in [3.8, 4) is 0 Å². The SMILES string of the molecule is CCc1cc(C(=O)N(CC)c2ccc(F)c(F)c2)sc1C. The largest absolute Gasteiger partial charge is 0.308 e. The van der Waals surface area contributed by atoms with Gasteiger partial charge in [0.25, 0.3) is 5.91 Å². The number of aryl methyl sites for hydroxylation is 2. The zero-order valence-corrected chi connectivity index (χ0v) is 13.1. The molecule has 1 aromatic carbocycles. The van der Waals surface area contributed by atoms with Crippen LogP contribution in [0.1, 0.15) is 34.0 Å². The lowest BCUT2D eigenvalue weighted by Crippen LogP contribution is -2.30. The highest BCUT2D eigenvalue weighted by atomic mass is 32.1. The van der Waals surface area contributed by atoms with Crippen LogP contribution in [0.15, 0.2) is 24.3 Å². The number of hydrogen-bond donors (Lipinski definition) is 0. The molecule has 0 fully saturated rings. The van der Waals surface area contributed by atoms with Gasteiger partial charge in [-0.1, -0.05) is 6.92 Å². The van der Waals surface area contributed by atoms with Gasteiger partial charge in [0.2, 0.25) is 0 Å². The number of amides is 1. The summed E-state index contributed by atoms with van der Waals surface area (Å²) in [6, 6.07) is 5.39. The van der Waals surface area contributed by atoms with Crippen molar-refractivity contribution < 1.29 is 13.6 Å². The second-order valence-electron chi connectivity index (χ2n) is 4.69. The van der Waals surface area contributed by atoms with Crippen molar-refractivity contribution in [2.24, 2.45) is 0 Å². The minimum atomic E-state index is -0.949. The highest BCUT2D eigenvalue weighted by Crippen LogP contribution is 2.26. The molecule has 0 saturated heterocycles. The number of thiophene rings is 1. The number of carbonyl (C=O) groups excluding carboxylic acids is 1. The van der Waals surface area contributed by atoms with E-state index < -0.39 is 11.6 Å². The van der Waals surface area contributed by atoms with E-state index in [1.807, 2.05) is 19.9 Å². The lowest BCUT2D eigenvalue weighted by molar-refractivity contribution is 0.0992. The standard InChI is InChI=1S/C16H17F2NOS/c1-4-11-8-15(21-10(11)3)16(20)19(5-2)12-6-7-13(17)14(18)9-12/h6-9H,4-5H2,1-3H3. The van der Waals surface area contributed by atoms with Gasteiger partial charge in [0.05, 0.1) is 4.88 Å². The lowest BCUT2D eigenvalue weighted by atomic mass is 10.2. The van der Waals surface area contributed by atoms with Crippen LogP contribution >= 0.6 is 11.3 Å². The first kappa shape index (κ1) is 15.6. The van der Waals surface area contributed by atoms with Gasteiger partial charge in [0, 0.05) is 23.2 Å². The Morgan fingerprint density at radius 2 is 1.90 bits per heavy atom. The molecule has 1 amide bonds. The van der Waals surface area contributed by atoms with Crippen LogP contribution in [0, 0.1) is 18.6 Å². The van der Waals surface area contributed by atoms with E-state index in [4.69, 9.17) is 0 Å². The summed E-state index contributed by atoms with van der Waals surface area (Å²) in [4.78, 5) is 15.8. The molecule has 0 aliphatic carbocycles. The number of nitrogens with zero attached hydrogens (tertiary/aromatic N) is 1. The molecule has 0 saturated carbocycles. The molecular weight excluding hydrogens is 292 g/mol. The number of anilines is 1. The van der Waals surface area contributed by atoms with Gasteiger partial charge in [-0.15, -0.1) is 11.3 Å². The van der Waals surface area contributed by atoms with E-state index in [-0.39, 0.29) is 5.91 Å². The Morgan fingerprint density at radius 3 is 2.43 bits per heavy atom. The molecule has 0 radical (unpaired) electrons. The van der Waals surface area contributed by atoms with Crippen molar-refractivity contribution in [2.45, 2.75) is 27.2 Å². The molecule has 1 aromatic heterocycles. The highest BCUT2D eigenvalue weighted by Gasteiger charge is 2.20. The average Bonchev–Trinajstić information content (AvgIpc) is 2.84. The van der Waals surface area contributed by atoms with Crippen molar-refractivity contribution in [1.82, 2.24) is 0 Å². The predicted octanol–water partition coefficient (Wildman–Crippen LogP) is 4.56. The van der Waals surface area contributed by atoms with Crippen LogP contribution in [0.4, 0.5) is 14.5 Å². The summed E-state index contributed by atoms with van der Waals surface area (Å²) in [5.74, 6) is -2.05. The fourth-order valence-electron chi connectivity index (χ4n) is 2.21. The molecule has 112 valence electrons. The molecule has 0 aliphatic heterocycles. The first-order valence-corrected chi connectivity index (χ1v) is 7.65. The molecule has 0 bridgehead atoms. The van der Waals surface area contributed by atoms with Gasteiger partial charge in [-0.05, 0) is 44.0 Å². The van der Waals surface area contributed by atoms with Gasteiger partial charge in [0.1, 0.15) is 0 Å². The summed E-state index contributed by atoms with van der Waals surface area (Å²) >= 11 is 1.43. The maximum Gasteiger partial charge on any atom is 0.268 e. The maximum absolute atomic E-state index is 13.4. The quantitative estimate of drug-likeness (QED) is 0.810. The fourth-order valence-corrected chi connectivity index (χ4v) is 3.27. The van der Waals surface area contributed by atoms with Crippen LogP contribution in [0.3, 0.4) is 0 Å². The van der Waals surface area contributed by atoms with Crippen molar-refractivity contribution in [2.75, 3.05) is 11.4 Å². The van der Waals surface area contributed by atoms with Crippen molar-refractivity contribution in [3.05, 3.63) is 51.2 Å². The Hall–Kier alpha value is -1.75. The molecule has 0 N–H and O–H groups in total. The smallest absolute Gasteiger partial charge is 0.268 e. The summed E-state index contributed by atoms with van der Waals surface area (Å²) in [6.07, 6.45) is 0.868. The Morgan fingerprint density at radius 1 is 1.19 bits per heavy atom. The third-order valence-corrected chi connectivity index (χ3v) is 4.47. The molecule has 1 heterocycles. The molecular formula is C16H17F2NOS.